The molecule has 1 atom stereocenters. The van der Waals surface area contributed by atoms with Crippen molar-refractivity contribution in [2.24, 2.45) is 5.41 Å². The monoisotopic (exact) mass is 511 g/mol. The second-order valence-corrected chi connectivity index (χ2v) is 11.3. The molecule has 2 amide bonds. The minimum Gasteiger partial charge on any atom is -0.465 e. The first-order chi connectivity index (χ1) is 17.7. The van der Waals surface area contributed by atoms with Gasteiger partial charge in [-0.3, -0.25) is 9.69 Å². The second-order valence-electron chi connectivity index (χ2n) is 11.3. The van der Waals surface area contributed by atoms with Crippen LogP contribution in [0.15, 0.2) is 42.5 Å². The Labute approximate surface area is 216 Å². The molecule has 0 aromatic heterocycles. The van der Waals surface area contributed by atoms with Gasteiger partial charge < -0.3 is 14.9 Å². The normalized spacial score (nSPS) is 22.5. The van der Waals surface area contributed by atoms with Gasteiger partial charge in [0.05, 0.1) is 12.6 Å². The summed E-state index contributed by atoms with van der Waals surface area (Å²) in [6, 6.07) is 11.8. The molecule has 1 saturated carbocycles. The smallest absolute Gasteiger partial charge is 0.407 e. The minimum absolute atomic E-state index is 0.0279. The lowest BCUT2D eigenvalue weighted by atomic mass is 9.59. The van der Waals surface area contributed by atoms with E-state index in [9.17, 15) is 23.5 Å². The number of carbonyl (C=O) groups excluding carboxylic acids is 1. The molecular weight excluding hydrogens is 476 g/mol. The van der Waals surface area contributed by atoms with Gasteiger partial charge in [-0.25, -0.2) is 13.6 Å². The van der Waals surface area contributed by atoms with Crippen LogP contribution < -0.4 is 0 Å². The highest BCUT2D eigenvalue weighted by atomic mass is 19.1. The van der Waals surface area contributed by atoms with Crippen LogP contribution in [0, 0.1) is 17.0 Å². The van der Waals surface area contributed by atoms with Crippen LogP contribution in [0.25, 0.3) is 0 Å². The SMILES string of the molecule is CC(C)c1ccccc1C1CN(Cc2ccc(F)cc2F)CC(=O)N1C1CC2(CCN(C(=O)O)CC2)C1. The second kappa shape index (κ2) is 10.0. The van der Waals surface area contributed by atoms with E-state index in [4.69, 9.17) is 0 Å². The number of rotatable bonds is 5. The molecule has 2 aromatic carbocycles. The number of likely N-dealkylation sites (tertiary alicyclic amines) is 1. The largest absolute Gasteiger partial charge is 0.465 e. The highest BCUT2D eigenvalue weighted by Gasteiger charge is 2.52. The number of carboxylic acid groups (broad SMARTS) is 1. The Morgan fingerprint density at radius 1 is 1.11 bits per heavy atom. The third-order valence-electron chi connectivity index (χ3n) is 8.63. The number of piperidine rings is 1. The van der Waals surface area contributed by atoms with Crippen molar-refractivity contribution in [1.29, 1.82) is 0 Å². The summed E-state index contributed by atoms with van der Waals surface area (Å²) in [7, 11) is 0. The third kappa shape index (κ3) is 5.08. The molecule has 2 aliphatic heterocycles. The van der Waals surface area contributed by atoms with E-state index in [-0.39, 0.29) is 42.4 Å². The molecule has 2 aromatic rings. The molecule has 0 radical (unpaired) electrons. The van der Waals surface area contributed by atoms with Crippen LogP contribution in [0.5, 0.6) is 0 Å². The number of halogens is 2. The zero-order valence-electron chi connectivity index (χ0n) is 21.5. The molecule has 37 heavy (non-hydrogen) atoms. The lowest BCUT2D eigenvalue weighted by molar-refractivity contribution is -0.153. The van der Waals surface area contributed by atoms with Gasteiger partial charge in [0.15, 0.2) is 0 Å². The first kappa shape index (κ1) is 25.6. The van der Waals surface area contributed by atoms with Gasteiger partial charge in [-0.1, -0.05) is 44.2 Å². The predicted octanol–water partition coefficient (Wildman–Crippen LogP) is 5.40. The summed E-state index contributed by atoms with van der Waals surface area (Å²) < 4.78 is 27.9. The van der Waals surface area contributed by atoms with Gasteiger partial charge in [-0.15, -0.1) is 0 Å². The van der Waals surface area contributed by atoms with Crippen molar-refractivity contribution in [3.8, 4) is 0 Å². The van der Waals surface area contributed by atoms with Crippen LogP contribution in [0.2, 0.25) is 0 Å². The molecule has 3 fully saturated rings. The lowest BCUT2D eigenvalue weighted by Gasteiger charge is -2.58. The van der Waals surface area contributed by atoms with Gasteiger partial charge in [-0.2, -0.15) is 0 Å². The highest BCUT2D eigenvalue weighted by molar-refractivity contribution is 5.80. The van der Waals surface area contributed by atoms with Crippen molar-refractivity contribution < 1.29 is 23.5 Å². The van der Waals surface area contributed by atoms with Crippen LogP contribution in [0.3, 0.4) is 0 Å². The first-order valence-corrected chi connectivity index (χ1v) is 13.2. The summed E-state index contributed by atoms with van der Waals surface area (Å²) in [6.07, 6.45) is 2.58. The molecule has 5 rings (SSSR count). The number of piperazine rings is 1. The van der Waals surface area contributed by atoms with E-state index in [1.54, 1.807) is 0 Å². The molecule has 2 heterocycles. The number of hydrogen-bond acceptors (Lipinski definition) is 3. The Hall–Kier alpha value is -3.00. The molecular formula is C29H35F2N3O3. The Balaban J connectivity index is 1.39. The zero-order chi connectivity index (χ0) is 26.3. The minimum atomic E-state index is -0.861. The lowest BCUT2D eigenvalue weighted by Crippen LogP contribution is -2.62. The molecule has 2 saturated heterocycles. The van der Waals surface area contributed by atoms with E-state index in [0.29, 0.717) is 25.2 Å². The van der Waals surface area contributed by atoms with E-state index in [2.05, 4.69) is 30.9 Å². The Bertz CT molecular complexity index is 1170. The molecule has 6 nitrogen and oxygen atoms in total. The van der Waals surface area contributed by atoms with Gasteiger partial charge >= 0.3 is 6.09 Å². The number of carbonyl (C=O) groups is 2. The van der Waals surface area contributed by atoms with Crippen molar-refractivity contribution in [2.45, 2.75) is 64.1 Å². The molecule has 1 N–H and O–H groups in total. The Morgan fingerprint density at radius 3 is 2.46 bits per heavy atom. The fraction of sp³-hybridized carbons (Fsp3) is 0.517. The van der Waals surface area contributed by atoms with Crippen molar-refractivity contribution in [3.63, 3.8) is 0 Å². The Kier molecular flexibility index (Phi) is 6.96. The zero-order valence-corrected chi connectivity index (χ0v) is 21.5. The van der Waals surface area contributed by atoms with E-state index in [0.717, 1.165) is 37.3 Å². The van der Waals surface area contributed by atoms with E-state index in [1.165, 1.54) is 22.6 Å². The average molecular weight is 512 g/mol. The van der Waals surface area contributed by atoms with Crippen LogP contribution in [-0.4, -0.2) is 64.0 Å². The van der Waals surface area contributed by atoms with Gasteiger partial charge in [0, 0.05) is 43.9 Å². The van der Waals surface area contributed by atoms with Crippen molar-refractivity contribution in [1.82, 2.24) is 14.7 Å². The van der Waals surface area contributed by atoms with Crippen LogP contribution in [0.4, 0.5) is 13.6 Å². The maximum Gasteiger partial charge on any atom is 0.407 e. The van der Waals surface area contributed by atoms with E-state index < -0.39 is 17.7 Å². The Morgan fingerprint density at radius 2 is 1.81 bits per heavy atom. The predicted molar refractivity (Wildman–Crippen MR) is 136 cm³/mol. The molecule has 0 bridgehead atoms. The fourth-order valence-electron chi connectivity index (χ4n) is 6.62. The summed E-state index contributed by atoms with van der Waals surface area (Å²) in [5.74, 6) is -0.895. The summed E-state index contributed by atoms with van der Waals surface area (Å²) in [4.78, 5) is 30.5. The van der Waals surface area contributed by atoms with Gasteiger partial charge in [0.2, 0.25) is 5.91 Å². The summed E-state index contributed by atoms with van der Waals surface area (Å²) in [5.41, 5.74) is 2.81. The van der Waals surface area contributed by atoms with Crippen LogP contribution >= 0.6 is 0 Å². The number of nitrogens with zero attached hydrogens (tertiary/aromatic N) is 3. The standard InChI is InChI=1S/C29H35F2N3O3/c1-19(2)23-5-3-4-6-24(23)26-17-32(16-20-7-8-21(30)13-25(20)31)18-27(35)34(26)22-14-29(15-22)9-11-33(12-10-29)28(36)37/h3-8,13,19,22,26H,9-12,14-18H2,1-2H3,(H,36,37). The van der Waals surface area contributed by atoms with Crippen molar-refractivity contribution in [2.75, 3.05) is 26.2 Å². The number of hydrogen-bond donors (Lipinski definition) is 1. The van der Waals surface area contributed by atoms with Gasteiger partial charge in [0.1, 0.15) is 11.6 Å². The first-order valence-electron chi connectivity index (χ1n) is 13.2. The summed E-state index contributed by atoms with van der Waals surface area (Å²) in [6.45, 7) is 6.39. The van der Waals surface area contributed by atoms with Crippen LogP contribution in [-0.2, 0) is 11.3 Å². The topological polar surface area (TPSA) is 64.1 Å². The molecule has 1 aliphatic carbocycles. The molecule has 198 valence electrons. The molecule has 3 aliphatic rings. The number of amides is 2. The highest BCUT2D eigenvalue weighted by Crippen LogP contribution is 2.53. The van der Waals surface area contributed by atoms with E-state index >= 15 is 0 Å². The maximum atomic E-state index is 14.4. The number of benzene rings is 2. The summed E-state index contributed by atoms with van der Waals surface area (Å²) in [5, 5.41) is 9.31. The maximum absolute atomic E-state index is 14.4. The molecule has 1 unspecified atom stereocenters. The summed E-state index contributed by atoms with van der Waals surface area (Å²) >= 11 is 0. The van der Waals surface area contributed by atoms with Gasteiger partial charge in [0.25, 0.3) is 0 Å². The third-order valence-corrected chi connectivity index (χ3v) is 8.63. The van der Waals surface area contributed by atoms with Crippen LogP contribution in [0.1, 0.15) is 68.2 Å². The van der Waals surface area contributed by atoms with Crippen molar-refractivity contribution >= 4 is 12.0 Å². The molecule has 8 heteroatoms. The quantitative estimate of drug-likeness (QED) is 0.584. The van der Waals surface area contributed by atoms with Gasteiger partial charge in [-0.05, 0) is 54.2 Å². The van der Waals surface area contributed by atoms with Crippen molar-refractivity contribution in [3.05, 3.63) is 70.8 Å². The average Bonchev–Trinajstić information content (AvgIpc) is 2.84. The van der Waals surface area contributed by atoms with E-state index in [1.807, 2.05) is 17.0 Å². The fourth-order valence-corrected chi connectivity index (χ4v) is 6.62. The molecule has 1 spiro atoms.